The van der Waals surface area contributed by atoms with Gasteiger partial charge in [0.2, 0.25) is 5.91 Å². The summed E-state index contributed by atoms with van der Waals surface area (Å²) < 4.78 is 5.21. The van der Waals surface area contributed by atoms with Crippen molar-refractivity contribution in [1.29, 1.82) is 0 Å². The molecule has 1 rings (SSSR count). The Labute approximate surface area is 66.1 Å². The van der Waals surface area contributed by atoms with Gasteiger partial charge in [0.25, 0.3) is 0 Å². The van der Waals surface area contributed by atoms with Crippen LogP contribution >= 0.6 is 0 Å². The van der Waals surface area contributed by atoms with Crippen molar-refractivity contribution in [1.82, 2.24) is 5.32 Å². The van der Waals surface area contributed by atoms with Crippen molar-refractivity contribution in [2.45, 2.75) is 18.9 Å². The highest BCUT2D eigenvalue weighted by Gasteiger charge is 2.13. The van der Waals surface area contributed by atoms with E-state index in [0.29, 0.717) is 0 Å². The van der Waals surface area contributed by atoms with Crippen LogP contribution in [-0.2, 0) is 9.53 Å². The first-order valence-corrected chi connectivity index (χ1v) is 3.89. The lowest BCUT2D eigenvalue weighted by atomic mass is 10.1. The van der Waals surface area contributed by atoms with Crippen molar-refractivity contribution in [2.24, 2.45) is 5.73 Å². The second-order valence-electron chi connectivity index (χ2n) is 2.75. The molecule has 0 aromatic rings. The van der Waals surface area contributed by atoms with Gasteiger partial charge in [0.1, 0.15) is 6.61 Å². The molecular formula is C7H14N2O2. The summed E-state index contributed by atoms with van der Waals surface area (Å²) in [6, 6.07) is 0. The van der Waals surface area contributed by atoms with Gasteiger partial charge in [-0.05, 0) is 19.4 Å². The number of hydrogen-bond donors (Lipinski definition) is 2. The zero-order chi connectivity index (χ0) is 8.10. The van der Waals surface area contributed by atoms with Crippen LogP contribution in [0.2, 0.25) is 0 Å². The summed E-state index contributed by atoms with van der Waals surface area (Å²) in [4.78, 5) is 10.3. The standard InChI is InChI=1S/C7H14N2O2/c8-7(10)5-11-6-2-1-3-9-4-6/h6,9H,1-5H2,(H2,8,10)/t6-/m0/s1. The van der Waals surface area contributed by atoms with Crippen LogP contribution in [0.4, 0.5) is 0 Å². The van der Waals surface area contributed by atoms with Gasteiger partial charge < -0.3 is 15.8 Å². The van der Waals surface area contributed by atoms with Gasteiger partial charge in [-0.25, -0.2) is 0 Å². The molecule has 0 saturated carbocycles. The normalized spacial score (nSPS) is 24.9. The van der Waals surface area contributed by atoms with Crippen LogP contribution in [0.5, 0.6) is 0 Å². The molecule has 0 aliphatic carbocycles. The van der Waals surface area contributed by atoms with Crippen LogP contribution in [0.15, 0.2) is 0 Å². The van der Waals surface area contributed by atoms with E-state index in [1.54, 1.807) is 0 Å². The largest absolute Gasteiger partial charge is 0.368 e. The lowest BCUT2D eigenvalue weighted by Crippen LogP contribution is -2.37. The Morgan fingerprint density at radius 1 is 1.73 bits per heavy atom. The smallest absolute Gasteiger partial charge is 0.243 e. The molecule has 0 spiro atoms. The summed E-state index contributed by atoms with van der Waals surface area (Å²) in [5.74, 6) is -0.393. The number of carbonyl (C=O) groups is 1. The van der Waals surface area contributed by atoms with Crippen molar-refractivity contribution in [3.05, 3.63) is 0 Å². The lowest BCUT2D eigenvalue weighted by molar-refractivity contribution is -0.124. The van der Waals surface area contributed by atoms with E-state index >= 15 is 0 Å². The maximum Gasteiger partial charge on any atom is 0.243 e. The Morgan fingerprint density at radius 2 is 2.55 bits per heavy atom. The minimum Gasteiger partial charge on any atom is -0.368 e. The molecule has 4 heteroatoms. The highest BCUT2D eigenvalue weighted by molar-refractivity contribution is 5.75. The van der Waals surface area contributed by atoms with Gasteiger partial charge >= 0.3 is 0 Å². The molecule has 1 heterocycles. The number of nitrogens with one attached hydrogen (secondary N) is 1. The number of rotatable bonds is 3. The summed E-state index contributed by atoms with van der Waals surface area (Å²) in [6.45, 7) is 1.94. The summed E-state index contributed by atoms with van der Waals surface area (Å²) >= 11 is 0. The van der Waals surface area contributed by atoms with E-state index in [2.05, 4.69) is 5.32 Å². The minimum absolute atomic E-state index is 0.0480. The monoisotopic (exact) mass is 158 g/mol. The molecule has 1 aliphatic rings. The first-order chi connectivity index (χ1) is 5.29. The Balaban J connectivity index is 2.09. The van der Waals surface area contributed by atoms with Crippen molar-refractivity contribution in [3.8, 4) is 0 Å². The predicted octanol–water partition coefficient (Wildman–Crippen LogP) is -0.760. The zero-order valence-electron chi connectivity index (χ0n) is 6.51. The second kappa shape index (κ2) is 4.31. The number of ether oxygens (including phenoxy) is 1. The topological polar surface area (TPSA) is 64.4 Å². The van der Waals surface area contributed by atoms with Gasteiger partial charge in [0.05, 0.1) is 6.10 Å². The summed E-state index contributed by atoms with van der Waals surface area (Å²) in [5.41, 5.74) is 4.93. The maximum atomic E-state index is 10.3. The Morgan fingerprint density at radius 3 is 3.09 bits per heavy atom. The van der Waals surface area contributed by atoms with Gasteiger partial charge in [-0.2, -0.15) is 0 Å². The van der Waals surface area contributed by atoms with E-state index in [9.17, 15) is 4.79 Å². The van der Waals surface area contributed by atoms with Gasteiger partial charge in [-0.15, -0.1) is 0 Å². The first kappa shape index (κ1) is 8.49. The van der Waals surface area contributed by atoms with Crippen LogP contribution in [0.1, 0.15) is 12.8 Å². The lowest BCUT2D eigenvalue weighted by Gasteiger charge is -2.22. The maximum absolute atomic E-state index is 10.3. The number of primary amides is 1. The van der Waals surface area contributed by atoms with Crippen molar-refractivity contribution in [3.63, 3.8) is 0 Å². The second-order valence-corrected chi connectivity index (χ2v) is 2.75. The molecule has 4 nitrogen and oxygen atoms in total. The van der Waals surface area contributed by atoms with Crippen molar-refractivity contribution < 1.29 is 9.53 Å². The molecule has 1 atom stereocenters. The molecule has 1 aliphatic heterocycles. The molecule has 1 saturated heterocycles. The Kier molecular flexibility index (Phi) is 3.32. The molecule has 3 N–H and O–H groups in total. The van der Waals surface area contributed by atoms with E-state index in [1.165, 1.54) is 0 Å². The molecule has 64 valence electrons. The average molecular weight is 158 g/mol. The molecule has 0 aromatic heterocycles. The number of carbonyl (C=O) groups excluding carboxylic acids is 1. The van der Waals surface area contributed by atoms with E-state index in [0.717, 1.165) is 25.9 Å². The highest BCUT2D eigenvalue weighted by Crippen LogP contribution is 2.04. The molecule has 0 bridgehead atoms. The molecule has 11 heavy (non-hydrogen) atoms. The summed E-state index contributed by atoms with van der Waals surface area (Å²) in [5, 5.41) is 3.18. The number of hydrogen-bond acceptors (Lipinski definition) is 3. The third-order valence-corrected chi connectivity index (χ3v) is 1.71. The quantitative estimate of drug-likeness (QED) is 0.567. The SMILES string of the molecule is NC(=O)CO[C@H]1CCCNC1. The number of nitrogens with two attached hydrogens (primary N) is 1. The van der Waals surface area contributed by atoms with Gasteiger partial charge in [-0.3, -0.25) is 4.79 Å². The van der Waals surface area contributed by atoms with Crippen LogP contribution in [0.3, 0.4) is 0 Å². The van der Waals surface area contributed by atoms with Crippen molar-refractivity contribution >= 4 is 5.91 Å². The third kappa shape index (κ3) is 3.34. The van der Waals surface area contributed by atoms with Gasteiger partial charge in [0, 0.05) is 6.54 Å². The van der Waals surface area contributed by atoms with Crippen LogP contribution < -0.4 is 11.1 Å². The summed E-state index contributed by atoms with van der Waals surface area (Å²) in [7, 11) is 0. The van der Waals surface area contributed by atoms with Gasteiger partial charge in [-0.1, -0.05) is 0 Å². The summed E-state index contributed by atoms with van der Waals surface area (Å²) in [6.07, 6.45) is 2.32. The highest BCUT2D eigenvalue weighted by atomic mass is 16.5. The Hall–Kier alpha value is -0.610. The fraction of sp³-hybridized carbons (Fsp3) is 0.857. The molecule has 0 aromatic carbocycles. The molecule has 0 radical (unpaired) electrons. The predicted molar refractivity (Wildman–Crippen MR) is 41.0 cm³/mol. The van der Waals surface area contributed by atoms with E-state index in [-0.39, 0.29) is 12.7 Å². The molecule has 0 unspecified atom stereocenters. The van der Waals surface area contributed by atoms with Crippen LogP contribution in [0, 0.1) is 0 Å². The molecule has 1 fully saturated rings. The van der Waals surface area contributed by atoms with Gasteiger partial charge in [0.15, 0.2) is 0 Å². The average Bonchev–Trinajstić information content (AvgIpc) is 2.03. The first-order valence-electron chi connectivity index (χ1n) is 3.89. The minimum atomic E-state index is -0.393. The fourth-order valence-electron chi connectivity index (χ4n) is 1.16. The fourth-order valence-corrected chi connectivity index (χ4v) is 1.16. The van der Waals surface area contributed by atoms with E-state index in [4.69, 9.17) is 10.5 Å². The third-order valence-electron chi connectivity index (χ3n) is 1.71. The molecular weight excluding hydrogens is 144 g/mol. The number of amides is 1. The van der Waals surface area contributed by atoms with Crippen LogP contribution in [-0.4, -0.2) is 31.7 Å². The Bertz CT molecular complexity index is 132. The van der Waals surface area contributed by atoms with E-state index < -0.39 is 5.91 Å². The van der Waals surface area contributed by atoms with Crippen molar-refractivity contribution in [2.75, 3.05) is 19.7 Å². The zero-order valence-corrected chi connectivity index (χ0v) is 6.51. The van der Waals surface area contributed by atoms with E-state index in [1.807, 2.05) is 0 Å². The number of piperidine rings is 1. The molecule has 1 amide bonds. The van der Waals surface area contributed by atoms with Crippen LogP contribution in [0.25, 0.3) is 0 Å².